The van der Waals surface area contributed by atoms with Gasteiger partial charge < -0.3 is 9.47 Å². The maximum Gasteiger partial charge on any atom is 0.319 e. The Labute approximate surface area is 128 Å². The fourth-order valence-electron chi connectivity index (χ4n) is 2.08. The number of hydrogen-bond donors (Lipinski definition) is 0. The Morgan fingerprint density at radius 3 is 2.36 bits per heavy atom. The van der Waals surface area contributed by atoms with Gasteiger partial charge in [0, 0.05) is 18.1 Å². The van der Waals surface area contributed by atoms with Crippen LogP contribution in [0.25, 0.3) is 10.9 Å². The highest BCUT2D eigenvalue weighted by molar-refractivity contribution is 5.77. The first-order valence-corrected chi connectivity index (χ1v) is 6.90. The van der Waals surface area contributed by atoms with E-state index in [1.807, 2.05) is 30.5 Å². The smallest absolute Gasteiger partial charge is 0.319 e. The lowest BCUT2D eigenvalue weighted by molar-refractivity contribution is -0.145. The molecule has 2 rings (SSSR count). The highest BCUT2D eigenvalue weighted by Crippen LogP contribution is 2.10. The molecular weight excluding hydrogens is 286 g/mol. The zero-order valence-electron chi connectivity index (χ0n) is 12.7. The number of fused-ring (bicyclic) bond motifs is 1. The largest absolute Gasteiger partial charge is 0.468 e. The van der Waals surface area contributed by atoms with Gasteiger partial charge in [-0.2, -0.15) is 5.10 Å². The average molecular weight is 305 g/mol. The van der Waals surface area contributed by atoms with Crippen molar-refractivity contribution in [3.8, 4) is 0 Å². The molecule has 1 aromatic carbocycles. The molecule has 0 atom stereocenters. The van der Waals surface area contributed by atoms with E-state index in [4.69, 9.17) is 0 Å². The molecule has 7 heteroatoms. The van der Waals surface area contributed by atoms with Gasteiger partial charge >= 0.3 is 11.9 Å². The number of methoxy groups -OCH3 is 2. The highest BCUT2D eigenvalue weighted by Gasteiger charge is 2.15. The van der Waals surface area contributed by atoms with Gasteiger partial charge in [-0.1, -0.05) is 18.2 Å². The third-order valence-corrected chi connectivity index (χ3v) is 3.27. The summed E-state index contributed by atoms with van der Waals surface area (Å²) in [4.78, 5) is 24.5. The minimum absolute atomic E-state index is 0.0341. The zero-order valence-corrected chi connectivity index (χ0v) is 12.7. The molecule has 2 aromatic rings. The van der Waals surface area contributed by atoms with Gasteiger partial charge in [-0.05, 0) is 6.07 Å². The van der Waals surface area contributed by atoms with E-state index < -0.39 is 11.9 Å². The second-order valence-corrected chi connectivity index (χ2v) is 4.81. The first kappa shape index (κ1) is 16.0. The van der Waals surface area contributed by atoms with Crippen LogP contribution in [-0.2, 0) is 25.6 Å². The number of rotatable bonds is 7. The van der Waals surface area contributed by atoms with Crippen LogP contribution in [-0.4, -0.2) is 60.5 Å². The summed E-state index contributed by atoms with van der Waals surface area (Å²) in [6, 6.07) is 7.81. The van der Waals surface area contributed by atoms with E-state index in [1.54, 1.807) is 9.58 Å². The average Bonchev–Trinajstić information content (AvgIpc) is 2.95. The van der Waals surface area contributed by atoms with Gasteiger partial charge in [0.25, 0.3) is 0 Å². The SMILES string of the molecule is COC(=O)CN(CCn1cc2ccccc2n1)CC(=O)OC. The molecular formula is C15H19N3O4. The lowest BCUT2D eigenvalue weighted by atomic mass is 10.3. The van der Waals surface area contributed by atoms with E-state index in [-0.39, 0.29) is 13.1 Å². The van der Waals surface area contributed by atoms with Crippen LogP contribution in [0.2, 0.25) is 0 Å². The van der Waals surface area contributed by atoms with Crippen LogP contribution in [0.4, 0.5) is 0 Å². The summed E-state index contributed by atoms with van der Waals surface area (Å²) in [6.45, 7) is 1.11. The maximum absolute atomic E-state index is 11.4. The molecule has 0 aliphatic heterocycles. The molecule has 0 spiro atoms. The Morgan fingerprint density at radius 2 is 1.77 bits per heavy atom. The minimum atomic E-state index is -0.394. The van der Waals surface area contributed by atoms with Gasteiger partial charge in [-0.25, -0.2) is 0 Å². The Balaban J connectivity index is 1.99. The van der Waals surface area contributed by atoms with Crippen molar-refractivity contribution in [2.45, 2.75) is 6.54 Å². The van der Waals surface area contributed by atoms with Gasteiger partial charge in [0.05, 0.1) is 39.4 Å². The van der Waals surface area contributed by atoms with Crippen LogP contribution in [0.5, 0.6) is 0 Å². The Kier molecular flexibility index (Phi) is 5.48. The summed E-state index contributed by atoms with van der Waals surface area (Å²) in [5.74, 6) is -0.788. The number of carbonyl (C=O) groups excluding carboxylic acids is 2. The molecule has 0 saturated carbocycles. The zero-order chi connectivity index (χ0) is 15.9. The number of aromatic nitrogens is 2. The standard InChI is InChI=1S/C15H19N3O4/c1-21-14(19)10-17(11-15(20)22-2)7-8-18-9-12-5-3-4-6-13(12)16-18/h3-6,9H,7-8,10-11H2,1-2H3. The number of esters is 2. The minimum Gasteiger partial charge on any atom is -0.468 e. The molecule has 22 heavy (non-hydrogen) atoms. The van der Waals surface area contributed by atoms with Gasteiger partial charge in [0.2, 0.25) is 0 Å². The molecule has 1 heterocycles. The molecule has 0 saturated heterocycles. The number of nitrogens with zero attached hydrogens (tertiary/aromatic N) is 3. The van der Waals surface area contributed by atoms with E-state index in [1.165, 1.54) is 14.2 Å². The lowest BCUT2D eigenvalue weighted by Gasteiger charge is -2.19. The predicted molar refractivity (Wildman–Crippen MR) is 80.2 cm³/mol. The van der Waals surface area contributed by atoms with E-state index >= 15 is 0 Å². The van der Waals surface area contributed by atoms with Gasteiger partial charge in [-0.3, -0.25) is 19.2 Å². The molecule has 7 nitrogen and oxygen atoms in total. The Morgan fingerprint density at radius 1 is 1.14 bits per heavy atom. The van der Waals surface area contributed by atoms with E-state index in [9.17, 15) is 9.59 Å². The molecule has 1 aromatic heterocycles. The molecule has 0 unspecified atom stereocenters. The maximum atomic E-state index is 11.4. The summed E-state index contributed by atoms with van der Waals surface area (Å²) in [6.07, 6.45) is 1.93. The topological polar surface area (TPSA) is 73.7 Å². The third kappa shape index (κ3) is 4.29. The quantitative estimate of drug-likeness (QED) is 0.701. The lowest BCUT2D eigenvalue weighted by Crippen LogP contribution is -2.37. The molecule has 0 bridgehead atoms. The fraction of sp³-hybridized carbons (Fsp3) is 0.400. The second-order valence-electron chi connectivity index (χ2n) is 4.81. The van der Waals surface area contributed by atoms with Gasteiger partial charge in [0.15, 0.2) is 0 Å². The first-order valence-electron chi connectivity index (χ1n) is 6.90. The van der Waals surface area contributed by atoms with Crippen molar-refractivity contribution in [2.75, 3.05) is 33.9 Å². The number of hydrogen-bond acceptors (Lipinski definition) is 6. The summed E-state index contributed by atoms with van der Waals surface area (Å²) in [7, 11) is 2.64. The van der Waals surface area contributed by atoms with E-state index in [0.29, 0.717) is 13.1 Å². The number of carbonyl (C=O) groups is 2. The van der Waals surface area contributed by atoms with E-state index in [0.717, 1.165) is 10.9 Å². The monoisotopic (exact) mass is 305 g/mol. The van der Waals surface area contributed by atoms with Gasteiger partial charge in [-0.15, -0.1) is 0 Å². The summed E-state index contributed by atoms with van der Waals surface area (Å²) in [5, 5.41) is 5.49. The van der Waals surface area contributed by atoms with Crippen molar-refractivity contribution >= 4 is 22.8 Å². The third-order valence-electron chi connectivity index (χ3n) is 3.27. The van der Waals surface area contributed by atoms with Crippen molar-refractivity contribution < 1.29 is 19.1 Å². The van der Waals surface area contributed by atoms with Crippen molar-refractivity contribution in [3.05, 3.63) is 30.5 Å². The Hall–Kier alpha value is -2.41. The number of ether oxygens (including phenoxy) is 2. The molecule has 0 N–H and O–H groups in total. The van der Waals surface area contributed by atoms with Crippen LogP contribution in [0.15, 0.2) is 30.5 Å². The molecule has 0 amide bonds. The normalized spacial score (nSPS) is 10.9. The van der Waals surface area contributed by atoms with Crippen molar-refractivity contribution in [2.24, 2.45) is 0 Å². The highest BCUT2D eigenvalue weighted by atomic mass is 16.5. The molecule has 0 aliphatic rings. The van der Waals surface area contributed by atoms with Crippen LogP contribution >= 0.6 is 0 Å². The van der Waals surface area contributed by atoms with Crippen LogP contribution in [0, 0.1) is 0 Å². The second kappa shape index (κ2) is 7.56. The Bertz CT molecular complexity index is 602. The van der Waals surface area contributed by atoms with Gasteiger partial charge in [0.1, 0.15) is 0 Å². The van der Waals surface area contributed by atoms with Crippen molar-refractivity contribution in [1.82, 2.24) is 14.7 Å². The van der Waals surface area contributed by atoms with Crippen LogP contribution in [0.3, 0.4) is 0 Å². The summed E-state index contributed by atoms with van der Waals surface area (Å²) >= 11 is 0. The van der Waals surface area contributed by atoms with E-state index in [2.05, 4.69) is 14.6 Å². The molecule has 0 fully saturated rings. The predicted octanol–water partition coefficient (Wildman–Crippen LogP) is 0.684. The van der Waals surface area contributed by atoms with Crippen LogP contribution in [0.1, 0.15) is 0 Å². The van der Waals surface area contributed by atoms with Crippen LogP contribution < -0.4 is 0 Å². The number of benzene rings is 1. The molecule has 0 radical (unpaired) electrons. The molecule has 118 valence electrons. The molecule has 0 aliphatic carbocycles. The van der Waals surface area contributed by atoms with Crippen molar-refractivity contribution in [1.29, 1.82) is 0 Å². The summed E-state index contributed by atoms with van der Waals surface area (Å²) in [5.41, 5.74) is 0.912. The first-order chi connectivity index (χ1) is 10.6. The fourth-order valence-corrected chi connectivity index (χ4v) is 2.08. The summed E-state index contributed by atoms with van der Waals surface area (Å²) < 4.78 is 11.1. The van der Waals surface area contributed by atoms with Crippen molar-refractivity contribution in [3.63, 3.8) is 0 Å².